The van der Waals surface area contributed by atoms with Gasteiger partial charge in [-0.05, 0) is 12.8 Å². The summed E-state index contributed by atoms with van der Waals surface area (Å²) in [5, 5.41) is 26.8. The molecule has 2 saturated heterocycles. The van der Waals surface area contributed by atoms with Crippen LogP contribution in [0.25, 0.3) is 0 Å². The Morgan fingerprint density at radius 3 is 3.00 bits per heavy atom. The molecule has 0 aromatic carbocycles. The Balaban J connectivity index is 1.41. The Labute approximate surface area is 145 Å². The van der Waals surface area contributed by atoms with E-state index in [0.717, 1.165) is 43.9 Å². The molecule has 0 bridgehead atoms. The lowest BCUT2D eigenvalue weighted by Gasteiger charge is -2.36. The lowest BCUT2D eigenvalue weighted by atomic mass is 10.0. The van der Waals surface area contributed by atoms with E-state index in [1.807, 2.05) is 11.0 Å². The van der Waals surface area contributed by atoms with Crippen molar-refractivity contribution in [3.05, 3.63) is 17.6 Å². The molecule has 25 heavy (non-hydrogen) atoms. The van der Waals surface area contributed by atoms with Crippen LogP contribution < -0.4 is 10.2 Å². The summed E-state index contributed by atoms with van der Waals surface area (Å²) in [5.74, 6) is 2.51. The lowest BCUT2D eigenvalue weighted by molar-refractivity contribution is 0.140. The van der Waals surface area contributed by atoms with Gasteiger partial charge in [-0.3, -0.25) is 0 Å². The number of ether oxygens (including phenoxy) is 1. The van der Waals surface area contributed by atoms with Crippen LogP contribution in [0.5, 0.6) is 0 Å². The number of anilines is 2. The topological polar surface area (TPSA) is 125 Å². The molecule has 2 aromatic rings. The van der Waals surface area contributed by atoms with E-state index in [0.29, 0.717) is 37.4 Å². The van der Waals surface area contributed by atoms with Crippen molar-refractivity contribution in [2.75, 3.05) is 43.1 Å². The fraction of sp³-hybridized carbons (Fsp3) is 0.667. The van der Waals surface area contributed by atoms with Gasteiger partial charge in [0.15, 0.2) is 5.82 Å². The van der Waals surface area contributed by atoms with Gasteiger partial charge in [0.05, 0.1) is 18.4 Å². The highest BCUT2D eigenvalue weighted by molar-refractivity contribution is 5.46. The average Bonchev–Trinajstić information content (AvgIpc) is 3.29. The number of hydrogen-bond donors (Lipinski definition) is 3. The second-order valence-electron chi connectivity index (χ2n) is 6.46. The van der Waals surface area contributed by atoms with E-state index in [9.17, 15) is 5.11 Å². The monoisotopic (exact) mass is 346 g/mol. The van der Waals surface area contributed by atoms with E-state index in [4.69, 9.17) is 9.72 Å². The van der Waals surface area contributed by atoms with Crippen molar-refractivity contribution in [1.29, 1.82) is 0 Å². The molecule has 0 aliphatic carbocycles. The third-order valence-electron chi connectivity index (χ3n) is 4.50. The van der Waals surface area contributed by atoms with Crippen LogP contribution in [0.1, 0.15) is 30.3 Å². The van der Waals surface area contributed by atoms with Crippen LogP contribution >= 0.6 is 0 Å². The number of tetrazole rings is 1. The quantitative estimate of drug-likeness (QED) is 0.580. The van der Waals surface area contributed by atoms with Crippen LogP contribution in [0.15, 0.2) is 6.07 Å². The number of aliphatic hydroxyl groups excluding tert-OH is 1. The van der Waals surface area contributed by atoms with Crippen LogP contribution in [0.3, 0.4) is 0 Å². The van der Waals surface area contributed by atoms with Crippen LogP contribution in [0.4, 0.5) is 11.8 Å². The first-order valence-corrected chi connectivity index (χ1v) is 8.64. The maximum absolute atomic E-state index is 9.54. The van der Waals surface area contributed by atoms with E-state index in [2.05, 4.69) is 30.9 Å². The molecule has 2 aliphatic heterocycles. The average molecular weight is 346 g/mol. The number of aromatic nitrogens is 6. The van der Waals surface area contributed by atoms with E-state index >= 15 is 0 Å². The van der Waals surface area contributed by atoms with Crippen molar-refractivity contribution in [3.63, 3.8) is 0 Å². The molecule has 0 amide bonds. The van der Waals surface area contributed by atoms with Gasteiger partial charge in [0.25, 0.3) is 0 Å². The molecule has 10 nitrogen and oxygen atoms in total. The van der Waals surface area contributed by atoms with Gasteiger partial charge in [0.1, 0.15) is 5.82 Å². The third kappa shape index (κ3) is 3.85. The van der Waals surface area contributed by atoms with Crippen molar-refractivity contribution in [2.45, 2.75) is 31.3 Å². The van der Waals surface area contributed by atoms with Crippen molar-refractivity contribution in [2.24, 2.45) is 0 Å². The molecule has 2 aliphatic rings. The minimum absolute atomic E-state index is 0.284. The highest BCUT2D eigenvalue weighted by Gasteiger charge is 2.28. The van der Waals surface area contributed by atoms with Gasteiger partial charge >= 0.3 is 0 Å². The van der Waals surface area contributed by atoms with Crippen LogP contribution in [0, 0.1) is 0 Å². The molecule has 2 fully saturated rings. The third-order valence-corrected chi connectivity index (χ3v) is 4.50. The Bertz CT molecular complexity index is 683. The Kier molecular flexibility index (Phi) is 4.70. The smallest absolute Gasteiger partial charge is 0.227 e. The Morgan fingerprint density at radius 1 is 1.36 bits per heavy atom. The molecule has 134 valence electrons. The number of nitrogens with zero attached hydrogens (tertiary/aromatic N) is 6. The zero-order valence-electron chi connectivity index (χ0n) is 13.9. The van der Waals surface area contributed by atoms with E-state index in [1.54, 1.807) is 0 Å². The van der Waals surface area contributed by atoms with E-state index in [-0.39, 0.29) is 6.10 Å². The number of hydrogen-bond acceptors (Lipinski definition) is 9. The molecule has 10 heteroatoms. The van der Waals surface area contributed by atoms with Crippen LogP contribution in [0.2, 0.25) is 0 Å². The van der Waals surface area contributed by atoms with Crippen LogP contribution in [-0.4, -0.2) is 74.7 Å². The first kappa shape index (κ1) is 16.2. The molecule has 1 unspecified atom stereocenters. The van der Waals surface area contributed by atoms with Crippen molar-refractivity contribution in [1.82, 2.24) is 30.6 Å². The molecule has 0 radical (unpaired) electrons. The van der Waals surface area contributed by atoms with Gasteiger partial charge in [0.2, 0.25) is 5.95 Å². The summed E-state index contributed by atoms with van der Waals surface area (Å²) in [4.78, 5) is 11.3. The van der Waals surface area contributed by atoms with Gasteiger partial charge in [-0.15, -0.1) is 10.2 Å². The summed E-state index contributed by atoms with van der Waals surface area (Å²) in [6.07, 6.45) is 2.33. The highest BCUT2D eigenvalue weighted by atomic mass is 16.5. The number of rotatable bonds is 7. The second-order valence-corrected chi connectivity index (χ2v) is 6.46. The molecule has 1 atom stereocenters. The molecule has 0 spiro atoms. The van der Waals surface area contributed by atoms with Gasteiger partial charge in [-0.25, -0.2) is 4.98 Å². The van der Waals surface area contributed by atoms with Gasteiger partial charge in [-0.2, -0.15) is 10.2 Å². The number of H-pyrrole nitrogens is 1. The molecule has 3 N–H and O–H groups in total. The standard InChI is InChI=1S/C15H22N8O2/c24-11-7-23(8-11)15-17-12(10-3-5-25-9-10)6-14(18-15)16-4-1-2-13-19-21-22-20-13/h6,10-11,24H,1-5,7-9H2,(H,16,17,18)(H,19,20,21,22). The summed E-state index contributed by atoms with van der Waals surface area (Å²) in [6.45, 7) is 3.41. The van der Waals surface area contributed by atoms with E-state index < -0.39 is 0 Å². The van der Waals surface area contributed by atoms with Crippen molar-refractivity contribution < 1.29 is 9.84 Å². The predicted octanol–water partition coefficient (Wildman–Crippen LogP) is -0.281. The van der Waals surface area contributed by atoms with Crippen LogP contribution in [-0.2, 0) is 11.2 Å². The van der Waals surface area contributed by atoms with Gasteiger partial charge in [0, 0.05) is 44.6 Å². The van der Waals surface area contributed by atoms with Gasteiger partial charge in [-0.1, -0.05) is 5.21 Å². The number of aryl methyl sites for hydroxylation is 1. The largest absolute Gasteiger partial charge is 0.389 e. The summed E-state index contributed by atoms with van der Waals surface area (Å²) in [6, 6.07) is 2.01. The Morgan fingerprint density at radius 2 is 2.28 bits per heavy atom. The van der Waals surface area contributed by atoms with Gasteiger partial charge < -0.3 is 20.1 Å². The number of nitrogens with one attached hydrogen (secondary N) is 2. The molecule has 2 aromatic heterocycles. The fourth-order valence-electron chi connectivity index (χ4n) is 3.03. The summed E-state index contributed by atoms with van der Waals surface area (Å²) >= 11 is 0. The van der Waals surface area contributed by atoms with E-state index in [1.165, 1.54) is 0 Å². The fourth-order valence-corrected chi connectivity index (χ4v) is 3.03. The zero-order chi connectivity index (χ0) is 17.1. The first-order chi connectivity index (χ1) is 12.3. The Hall–Kier alpha value is -2.33. The lowest BCUT2D eigenvalue weighted by Crippen LogP contribution is -2.51. The highest BCUT2D eigenvalue weighted by Crippen LogP contribution is 2.28. The van der Waals surface area contributed by atoms with Crippen molar-refractivity contribution >= 4 is 11.8 Å². The molecular formula is C15H22N8O2. The summed E-state index contributed by atoms with van der Waals surface area (Å²) in [5.41, 5.74) is 1.00. The first-order valence-electron chi connectivity index (χ1n) is 8.64. The minimum Gasteiger partial charge on any atom is -0.389 e. The molecular weight excluding hydrogens is 324 g/mol. The van der Waals surface area contributed by atoms with Crippen molar-refractivity contribution in [3.8, 4) is 0 Å². The summed E-state index contributed by atoms with van der Waals surface area (Å²) in [7, 11) is 0. The zero-order valence-corrected chi connectivity index (χ0v) is 13.9. The maximum Gasteiger partial charge on any atom is 0.227 e. The predicted molar refractivity (Wildman–Crippen MR) is 89.4 cm³/mol. The summed E-state index contributed by atoms with van der Waals surface area (Å²) < 4.78 is 5.49. The SMILES string of the molecule is OC1CN(c2nc(NCCCc3nn[nH]n3)cc(C3CCOC3)n2)C1. The second kappa shape index (κ2) is 7.28. The normalized spacial score (nSPS) is 20.7. The minimum atomic E-state index is -0.284. The molecule has 0 saturated carbocycles. The number of β-amino-alcohol motifs (C(OH)–C–C–N with tert-alkyl or cyclic N) is 1. The number of aromatic amines is 1. The molecule has 4 heterocycles. The molecule has 4 rings (SSSR count). The maximum atomic E-state index is 9.54. The number of aliphatic hydroxyl groups is 1.